The van der Waals surface area contributed by atoms with E-state index in [1.165, 1.54) is 6.33 Å². The average Bonchev–Trinajstić information content (AvgIpc) is 2.33. The van der Waals surface area contributed by atoms with Gasteiger partial charge in [-0.15, -0.1) is 0 Å². The molecular weight excluding hydrogens is 204 g/mol. The number of benzene rings is 1. The number of hydrogen-bond acceptors (Lipinski definition) is 4. The molecule has 2 rings (SSSR count). The van der Waals surface area contributed by atoms with Gasteiger partial charge in [-0.3, -0.25) is 0 Å². The first-order chi connectivity index (χ1) is 7.88. The summed E-state index contributed by atoms with van der Waals surface area (Å²) in [4.78, 5) is 7.72. The van der Waals surface area contributed by atoms with E-state index in [9.17, 15) is 0 Å². The smallest absolute Gasteiger partial charge is 0.163 e. The summed E-state index contributed by atoms with van der Waals surface area (Å²) >= 11 is 0. The van der Waals surface area contributed by atoms with Gasteiger partial charge in [0.15, 0.2) is 5.75 Å². The molecule has 82 valence electrons. The Labute approximate surface area is 93.6 Å². The van der Waals surface area contributed by atoms with E-state index in [4.69, 9.17) is 9.84 Å². The van der Waals surface area contributed by atoms with E-state index in [0.717, 1.165) is 11.3 Å². The first-order valence-corrected chi connectivity index (χ1v) is 5.01. The zero-order valence-corrected chi connectivity index (χ0v) is 8.71. The standard InChI is InChI=1S/C12H12N2O2/c15-6-5-10-1-3-11(4-2-10)16-12-7-13-9-14-8-12/h1-4,7-9,15H,5-6H2. The molecule has 4 heteroatoms. The van der Waals surface area contributed by atoms with E-state index in [1.54, 1.807) is 12.4 Å². The van der Waals surface area contributed by atoms with Crippen molar-refractivity contribution in [3.05, 3.63) is 48.5 Å². The van der Waals surface area contributed by atoms with E-state index in [1.807, 2.05) is 24.3 Å². The Bertz CT molecular complexity index is 429. The van der Waals surface area contributed by atoms with Gasteiger partial charge in [-0.25, -0.2) is 9.97 Å². The van der Waals surface area contributed by atoms with Gasteiger partial charge in [0.05, 0.1) is 12.4 Å². The van der Waals surface area contributed by atoms with Crippen LogP contribution in [-0.2, 0) is 6.42 Å². The van der Waals surface area contributed by atoms with Gasteiger partial charge >= 0.3 is 0 Å². The molecule has 0 bridgehead atoms. The lowest BCUT2D eigenvalue weighted by atomic mass is 10.1. The molecule has 0 atom stereocenters. The fraction of sp³-hybridized carbons (Fsp3) is 0.167. The minimum Gasteiger partial charge on any atom is -0.454 e. The average molecular weight is 216 g/mol. The van der Waals surface area contributed by atoms with Crippen LogP contribution in [0.2, 0.25) is 0 Å². The van der Waals surface area contributed by atoms with Gasteiger partial charge in [0, 0.05) is 6.61 Å². The van der Waals surface area contributed by atoms with Gasteiger partial charge in [-0.2, -0.15) is 0 Å². The van der Waals surface area contributed by atoms with Crippen molar-refractivity contribution in [2.24, 2.45) is 0 Å². The molecule has 0 fully saturated rings. The molecule has 0 aliphatic rings. The van der Waals surface area contributed by atoms with Crippen molar-refractivity contribution in [3.8, 4) is 11.5 Å². The van der Waals surface area contributed by atoms with E-state index in [-0.39, 0.29) is 6.61 Å². The second-order valence-corrected chi connectivity index (χ2v) is 3.29. The Kier molecular flexibility index (Phi) is 3.46. The predicted octanol–water partition coefficient (Wildman–Crippen LogP) is 1.80. The molecule has 0 saturated carbocycles. The highest BCUT2D eigenvalue weighted by Gasteiger charge is 1.97. The van der Waals surface area contributed by atoms with Crippen molar-refractivity contribution in [2.75, 3.05) is 6.61 Å². The number of aliphatic hydroxyl groups is 1. The third kappa shape index (κ3) is 2.77. The highest BCUT2D eigenvalue weighted by molar-refractivity contribution is 5.31. The van der Waals surface area contributed by atoms with Crippen molar-refractivity contribution in [2.45, 2.75) is 6.42 Å². The Balaban J connectivity index is 2.05. The fourth-order valence-electron chi connectivity index (χ4n) is 1.33. The quantitative estimate of drug-likeness (QED) is 0.846. The minimum atomic E-state index is 0.159. The molecule has 1 N–H and O–H groups in total. The van der Waals surface area contributed by atoms with Crippen LogP contribution in [-0.4, -0.2) is 21.7 Å². The fourth-order valence-corrected chi connectivity index (χ4v) is 1.33. The van der Waals surface area contributed by atoms with Gasteiger partial charge in [0.25, 0.3) is 0 Å². The topological polar surface area (TPSA) is 55.2 Å². The first kappa shape index (κ1) is 10.6. The molecule has 0 aliphatic carbocycles. The summed E-state index contributed by atoms with van der Waals surface area (Å²) in [5.74, 6) is 1.34. The number of ether oxygens (including phenoxy) is 1. The third-order valence-corrected chi connectivity index (χ3v) is 2.10. The predicted molar refractivity (Wildman–Crippen MR) is 59.3 cm³/mol. The minimum absolute atomic E-state index is 0.159. The van der Waals surface area contributed by atoms with Crippen molar-refractivity contribution in [1.82, 2.24) is 9.97 Å². The molecule has 1 heterocycles. The lowest BCUT2D eigenvalue weighted by Crippen LogP contribution is -1.91. The van der Waals surface area contributed by atoms with E-state index in [2.05, 4.69) is 9.97 Å². The maximum Gasteiger partial charge on any atom is 0.163 e. The molecule has 0 radical (unpaired) electrons. The molecule has 1 aromatic carbocycles. The van der Waals surface area contributed by atoms with Gasteiger partial charge in [-0.05, 0) is 24.1 Å². The maximum atomic E-state index is 8.78. The molecule has 16 heavy (non-hydrogen) atoms. The summed E-state index contributed by atoms with van der Waals surface area (Å²) < 4.78 is 5.52. The number of rotatable bonds is 4. The Morgan fingerprint density at radius 3 is 2.31 bits per heavy atom. The van der Waals surface area contributed by atoms with E-state index in [0.29, 0.717) is 12.2 Å². The van der Waals surface area contributed by atoms with Gasteiger partial charge in [0.1, 0.15) is 12.1 Å². The van der Waals surface area contributed by atoms with Crippen molar-refractivity contribution >= 4 is 0 Å². The largest absolute Gasteiger partial charge is 0.454 e. The number of nitrogens with zero attached hydrogens (tertiary/aromatic N) is 2. The summed E-state index contributed by atoms with van der Waals surface area (Å²) in [7, 11) is 0. The zero-order valence-electron chi connectivity index (χ0n) is 8.71. The molecule has 1 aromatic heterocycles. The summed E-state index contributed by atoms with van der Waals surface area (Å²) in [5.41, 5.74) is 1.08. The number of hydrogen-bond donors (Lipinski definition) is 1. The second kappa shape index (κ2) is 5.23. The van der Waals surface area contributed by atoms with Crippen molar-refractivity contribution in [1.29, 1.82) is 0 Å². The normalized spacial score (nSPS) is 10.1. The molecule has 0 saturated heterocycles. The zero-order chi connectivity index (χ0) is 11.2. The van der Waals surface area contributed by atoms with Crippen molar-refractivity contribution < 1.29 is 9.84 Å². The Hall–Kier alpha value is -1.94. The third-order valence-electron chi connectivity index (χ3n) is 2.10. The molecule has 0 spiro atoms. The molecule has 2 aromatic rings. The van der Waals surface area contributed by atoms with Crippen LogP contribution in [0, 0.1) is 0 Å². The van der Waals surface area contributed by atoms with E-state index >= 15 is 0 Å². The number of aliphatic hydroxyl groups excluding tert-OH is 1. The van der Waals surface area contributed by atoms with Crippen LogP contribution in [0.5, 0.6) is 11.5 Å². The lowest BCUT2D eigenvalue weighted by molar-refractivity contribution is 0.299. The summed E-state index contributed by atoms with van der Waals surface area (Å²) in [6.07, 6.45) is 5.33. The Morgan fingerprint density at radius 2 is 1.69 bits per heavy atom. The maximum absolute atomic E-state index is 8.78. The summed E-state index contributed by atoms with van der Waals surface area (Å²) in [6.45, 7) is 0.159. The lowest BCUT2D eigenvalue weighted by Gasteiger charge is -2.05. The Morgan fingerprint density at radius 1 is 1.00 bits per heavy atom. The monoisotopic (exact) mass is 216 g/mol. The molecule has 0 amide bonds. The highest BCUT2D eigenvalue weighted by Crippen LogP contribution is 2.19. The molecule has 0 aliphatic heterocycles. The number of aromatic nitrogens is 2. The van der Waals surface area contributed by atoms with E-state index < -0.39 is 0 Å². The van der Waals surface area contributed by atoms with Crippen LogP contribution in [0.15, 0.2) is 43.0 Å². The molecule has 4 nitrogen and oxygen atoms in total. The van der Waals surface area contributed by atoms with Crippen molar-refractivity contribution in [3.63, 3.8) is 0 Å². The van der Waals surface area contributed by atoms with Crippen LogP contribution < -0.4 is 4.74 Å². The summed E-state index contributed by atoms with van der Waals surface area (Å²) in [6, 6.07) is 7.57. The van der Waals surface area contributed by atoms with Crippen LogP contribution in [0.4, 0.5) is 0 Å². The van der Waals surface area contributed by atoms with Crippen LogP contribution in [0.25, 0.3) is 0 Å². The van der Waals surface area contributed by atoms with Crippen LogP contribution >= 0.6 is 0 Å². The highest BCUT2D eigenvalue weighted by atomic mass is 16.5. The van der Waals surface area contributed by atoms with Gasteiger partial charge < -0.3 is 9.84 Å². The molecular formula is C12H12N2O2. The first-order valence-electron chi connectivity index (χ1n) is 5.01. The summed E-state index contributed by atoms with van der Waals surface area (Å²) in [5, 5.41) is 8.78. The van der Waals surface area contributed by atoms with Crippen LogP contribution in [0.1, 0.15) is 5.56 Å². The SMILES string of the molecule is OCCc1ccc(Oc2cncnc2)cc1. The van der Waals surface area contributed by atoms with Gasteiger partial charge in [-0.1, -0.05) is 12.1 Å². The van der Waals surface area contributed by atoms with Gasteiger partial charge in [0.2, 0.25) is 0 Å². The second-order valence-electron chi connectivity index (χ2n) is 3.29. The van der Waals surface area contributed by atoms with Crippen LogP contribution in [0.3, 0.4) is 0 Å². The molecule has 0 unspecified atom stereocenters.